The predicted octanol–water partition coefficient (Wildman–Crippen LogP) is 2.18. The molecule has 0 radical (unpaired) electrons. The van der Waals surface area contributed by atoms with Crippen molar-refractivity contribution < 1.29 is 9.47 Å². The van der Waals surface area contributed by atoms with Gasteiger partial charge in [0.1, 0.15) is 5.75 Å². The van der Waals surface area contributed by atoms with Crippen LogP contribution in [-0.2, 0) is 11.3 Å². The molecule has 0 bridgehead atoms. The summed E-state index contributed by atoms with van der Waals surface area (Å²) in [7, 11) is 1.70. The van der Waals surface area contributed by atoms with Gasteiger partial charge in [-0.2, -0.15) is 0 Å². The Hall–Kier alpha value is -2.87. The number of rotatable bonds is 9. The van der Waals surface area contributed by atoms with Crippen LogP contribution in [0.5, 0.6) is 5.75 Å². The Morgan fingerprint density at radius 3 is 2.63 bits per heavy atom. The van der Waals surface area contributed by atoms with Crippen LogP contribution in [0.1, 0.15) is 18.9 Å². The third-order valence-corrected chi connectivity index (χ3v) is 4.82. The largest absolute Gasteiger partial charge is 0.493 e. The summed E-state index contributed by atoms with van der Waals surface area (Å²) in [6, 6.07) is 9.98. The Balaban J connectivity index is 1.56. The summed E-state index contributed by atoms with van der Waals surface area (Å²) in [5, 5.41) is 3.42. The molecule has 2 aromatic rings. The molecule has 1 fully saturated rings. The molecule has 1 aliphatic heterocycles. The summed E-state index contributed by atoms with van der Waals surface area (Å²) in [6.45, 7) is 8.41. The number of guanidine groups is 1. The highest BCUT2D eigenvalue weighted by Crippen LogP contribution is 2.15. The molecule has 162 valence electrons. The molecular weight excluding hydrogens is 380 g/mol. The fourth-order valence-corrected chi connectivity index (χ4v) is 3.29. The molecule has 1 aliphatic rings. The molecule has 0 spiro atoms. The van der Waals surface area contributed by atoms with Crippen molar-refractivity contribution in [3.05, 3.63) is 48.3 Å². The highest BCUT2D eigenvalue weighted by Gasteiger charge is 2.21. The molecule has 8 heteroatoms. The molecule has 0 amide bonds. The summed E-state index contributed by atoms with van der Waals surface area (Å²) in [6.07, 6.45) is 4.45. The van der Waals surface area contributed by atoms with Crippen molar-refractivity contribution in [3.8, 4) is 5.75 Å². The molecule has 2 heterocycles. The fourth-order valence-electron chi connectivity index (χ4n) is 3.29. The number of anilines is 1. The van der Waals surface area contributed by atoms with Gasteiger partial charge in [0.05, 0.1) is 13.2 Å². The molecule has 30 heavy (non-hydrogen) atoms. The van der Waals surface area contributed by atoms with Gasteiger partial charge in [-0.05, 0) is 30.7 Å². The number of hydrogen-bond acceptors (Lipinski definition) is 6. The Labute approximate surface area is 178 Å². The number of aliphatic imine (C=N–C) groups is 1. The molecular formula is C22H32N6O2. The van der Waals surface area contributed by atoms with Crippen LogP contribution in [0, 0.1) is 0 Å². The quantitative estimate of drug-likeness (QED) is 0.384. The van der Waals surface area contributed by atoms with Gasteiger partial charge >= 0.3 is 0 Å². The van der Waals surface area contributed by atoms with E-state index in [9.17, 15) is 0 Å². The number of nitrogens with one attached hydrogen (secondary N) is 1. The second-order valence-corrected chi connectivity index (χ2v) is 7.04. The van der Waals surface area contributed by atoms with E-state index in [1.807, 2.05) is 18.2 Å². The molecule has 1 saturated heterocycles. The van der Waals surface area contributed by atoms with Gasteiger partial charge in [0.15, 0.2) is 5.96 Å². The summed E-state index contributed by atoms with van der Waals surface area (Å²) in [5.41, 5.74) is 1.13. The van der Waals surface area contributed by atoms with E-state index in [-0.39, 0.29) is 0 Å². The lowest BCUT2D eigenvalue weighted by Crippen LogP contribution is -2.52. The maximum absolute atomic E-state index is 5.80. The van der Waals surface area contributed by atoms with Crippen LogP contribution in [0.15, 0.2) is 47.7 Å². The van der Waals surface area contributed by atoms with E-state index in [0.717, 1.165) is 62.4 Å². The molecule has 1 N–H and O–H groups in total. The first-order valence-electron chi connectivity index (χ1n) is 10.6. The third kappa shape index (κ3) is 6.59. The Morgan fingerprint density at radius 2 is 1.90 bits per heavy atom. The average Bonchev–Trinajstić information content (AvgIpc) is 2.80. The van der Waals surface area contributed by atoms with Crippen LogP contribution in [0.2, 0.25) is 0 Å². The number of benzene rings is 1. The van der Waals surface area contributed by atoms with Crippen LogP contribution in [0.25, 0.3) is 0 Å². The first kappa shape index (κ1) is 21.8. The van der Waals surface area contributed by atoms with Gasteiger partial charge in [-0.25, -0.2) is 15.0 Å². The van der Waals surface area contributed by atoms with Gasteiger partial charge in [0.2, 0.25) is 5.95 Å². The summed E-state index contributed by atoms with van der Waals surface area (Å²) in [5.74, 6) is 2.61. The van der Waals surface area contributed by atoms with Crippen molar-refractivity contribution in [2.24, 2.45) is 4.99 Å². The molecule has 1 aromatic heterocycles. The Bertz CT molecular complexity index is 778. The van der Waals surface area contributed by atoms with Crippen LogP contribution in [0.4, 0.5) is 5.95 Å². The highest BCUT2D eigenvalue weighted by atomic mass is 16.5. The highest BCUT2D eigenvalue weighted by molar-refractivity contribution is 5.80. The zero-order chi connectivity index (χ0) is 21.0. The number of ether oxygens (including phenoxy) is 2. The lowest BCUT2D eigenvalue weighted by atomic mass is 10.2. The van der Waals surface area contributed by atoms with E-state index >= 15 is 0 Å². The lowest BCUT2D eigenvalue weighted by Gasteiger charge is -2.36. The van der Waals surface area contributed by atoms with Crippen molar-refractivity contribution in [1.82, 2.24) is 20.2 Å². The molecule has 0 saturated carbocycles. The zero-order valence-corrected chi connectivity index (χ0v) is 18.0. The normalized spacial score (nSPS) is 14.7. The molecule has 8 nitrogen and oxygen atoms in total. The van der Waals surface area contributed by atoms with Crippen molar-refractivity contribution in [2.45, 2.75) is 19.9 Å². The third-order valence-electron chi connectivity index (χ3n) is 4.82. The molecule has 3 rings (SSSR count). The summed E-state index contributed by atoms with van der Waals surface area (Å²) >= 11 is 0. The minimum Gasteiger partial charge on any atom is -0.493 e. The number of nitrogens with zero attached hydrogens (tertiary/aromatic N) is 5. The molecule has 0 aliphatic carbocycles. The maximum Gasteiger partial charge on any atom is 0.225 e. The maximum atomic E-state index is 5.80. The van der Waals surface area contributed by atoms with E-state index in [4.69, 9.17) is 14.5 Å². The van der Waals surface area contributed by atoms with Crippen molar-refractivity contribution >= 4 is 11.9 Å². The molecule has 0 unspecified atom stereocenters. The zero-order valence-electron chi connectivity index (χ0n) is 18.0. The number of aromatic nitrogens is 2. The van der Waals surface area contributed by atoms with Gasteiger partial charge < -0.3 is 24.6 Å². The fraction of sp³-hybridized carbons (Fsp3) is 0.500. The second kappa shape index (κ2) is 12.0. The summed E-state index contributed by atoms with van der Waals surface area (Å²) < 4.78 is 10.9. The minimum atomic E-state index is 0.611. The molecule has 1 aromatic carbocycles. The lowest BCUT2D eigenvalue weighted by molar-refractivity contribution is 0.172. The van der Waals surface area contributed by atoms with Gasteiger partial charge in [0, 0.05) is 65.3 Å². The Morgan fingerprint density at radius 1 is 1.10 bits per heavy atom. The van der Waals surface area contributed by atoms with Gasteiger partial charge in [-0.1, -0.05) is 12.1 Å². The standard InChI is InChI=1S/C22H32N6O2/c1-3-23-21(27-11-13-28(14-12-27)22-24-9-5-10-25-22)26-18-19-7-4-8-20(17-19)30-16-6-15-29-2/h4-5,7-10,17H,3,6,11-16,18H2,1-2H3,(H,23,26). The number of methoxy groups -OCH3 is 1. The SMILES string of the molecule is CCNC(=NCc1cccc(OCCCOC)c1)N1CCN(c2ncccn2)CC1. The van der Waals surface area contributed by atoms with E-state index in [1.165, 1.54) is 0 Å². The van der Waals surface area contributed by atoms with Gasteiger partial charge in [0.25, 0.3) is 0 Å². The van der Waals surface area contributed by atoms with Gasteiger partial charge in [-0.3, -0.25) is 0 Å². The predicted molar refractivity (Wildman–Crippen MR) is 119 cm³/mol. The Kier molecular flexibility index (Phi) is 8.71. The monoisotopic (exact) mass is 412 g/mol. The topological polar surface area (TPSA) is 75.1 Å². The second-order valence-electron chi connectivity index (χ2n) is 7.04. The van der Waals surface area contributed by atoms with Crippen molar-refractivity contribution in [2.75, 3.05) is 57.9 Å². The molecule has 0 atom stereocenters. The van der Waals surface area contributed by atoms with Crippen molar-refractivity contribution in [3.63, 3.8) is 0 Å². The van der Waals surface area contributed by atoms with Crippen LogP contribution in [0.3, 0.4) is 0 Å². The van der Waals surface area contributed by atoms with E-state index < -0.39 is 0 Å². The van der Waals surface area contributed by atoms with E-state index in [0.29, 0.717) is 19.8 Å². The van der Waals surface area contributed by atoms with Crippen LogP contribution < -0.4 is 15.0 Å². The smallest absolute Gasteiger partial charge is 0.225 e. The minimum absolute atomic E-state index is 0.611. The first-order valence-corrected chi connectivity index (χ1v) is 10.6. The van der Waals surface area contributed by atoms with Crippen molar-refractivity contribution in [1.29, 1.82) is 0 Å². The van der Waals surface area contributed by atoms with E-state index in [2.05, 4.69) is 44.1 Å². The van der Waals surface area contributed by atoms with Gasteiger partial charge in [-0.15, -0.1) is 0 Å². The van der Waals surface area contributed by atoms with E-state index in [1.54, 1.807) is 19.5 Å². The number of piperazine rings is 1. The van der Waals surface area contributed by atoms with Crippen LogP contribution >= 0.6 is 0 Å². The average molecular weight is 413 g/mol. The van der Waals surface area contributed by atoms with Crippen LogP contribution in [-0.4, -0.2) is 73.9 Å². The summed E-state index contributed by atoms with van der Waals surface area (Å²) in [4.78, 5) is 18.1. The number of hydrogen-bond donors (Lipinski definition) is 1. The first-order chi connectivity index (χ1) is 14.8.